The van der Waals surface area contributed by atoms with Crippen molar-refractivity contribution in [2.24, 2.45) is 5.92 Å². The molecule has 0 bridgehead atoms. The number of aromatic nitrogens is 2. The Bertz CT molecular complexity index is 918. The highest BCUT2D eigenvalue weighted by molar-refractivity contribution is 7.91. The molecule has 3 rings (SSSR count). The summed E-state index contributed by atoms with van der Waals surface area (Å²) in [6, 6.07) is 8.01. The van der Waals surface area contributed by atoms with E-state index in [2.05, 4.69) is 9.97 Å². The number of nitrogens with two attached hydrogens (primary N) is 1. The van der Waals surface area contributed by atoms with E-state index in [1.54, 1.807) is 25.1 Å². The fourth-order valence-corrected chi connectivity index (χ4v) is 4.35. The second-order valence-corrected chi connectivity index (χ2v) is 8.19. The number of carbonyl (C=O) groups excluding carboxylic acids is 1. The van der Waals surface area contributed by atoms with Gasteiger partial charge in [-0.3, -0.25) is 4.79 Å². The highest BCUT2D eigenvalue weighted by Gasteiger charge is 2.29. The minimum Gasteiger partial charge on any atom is -0.466 e. The minimum atomic E-state index is -3.79. The van der Waals surface area contributed by atoms with Gasteiger partial charge in [-0.05, 0) is 31.9 Å². The zero-order valence-electron chi connectivity index (χ0n) is 15.0. The Labute approximate surface area is 158 Å². The summed E-state index contributed by atoms with van der Waals surface area (Å²) in [4.78, 5) is 22.2. The number of hydrogen-bond acceptors (Lipinski definition) is 8. The van der Waals surface area contributed by atoms with Crippen LogP contribution >= 0.6 is 0 Å². The zero-order valence-corrected chi connectivity index (χ0v) is 15.9. The SMILES string of the molecule is CCOC(=O)C1CCCN(c2ncc(S(=O)(=O)c3ccccc3)c(N)n2)C1. The number of nitrogen functional groups attached to an aromatic ring is 1. The topological polar surface area (TPSA) is 115 Å². The van der Waals surface area contributed by atoms with Crippen molar-refractivity contribution in [1.82, 2.24) is 9.97 Å². The summed E-state index contributed by atoms with van der Waals surface area (Å²) in [5.74, 6) is -0.287. The van der Waals surface area contributed by atoms with Crippen molar-refractivity contribution in [2.45, 2.75) is 29.6 Å². The van der Waals surface area contributed by atoms with Crippen LogP contribution in [0.25, 0.3) is 0 Å². The minimum absolute atomic E-state index is 0.109. The number of benzene rings is 1. The Morgan fingerprint density at radius 3 is 2.74 bits per heavy atom. The molecule has 1 unspecified atom stereocenters. The summed E-state index contributed by atoms with van der Waals surface area (Å²) >= 11 is 0. The van der Waals surface area contributed by atoms with Crippen molar-refractivity contribution >= 4 is 27.6 Å². The van der Waals surface area contributed by atoms with Crippen LogP contribution in [0, 0.1) is 5.92 Å². The summed E-state index contributed by atoms with van der Waals surface area (Å²) in [5.41, 5.74) is 5.95. The number of nitrogens with zero attached hydrogens (tertiary/aromatic N) is 3. The molecule has 144 valence electrons. The molecule has 27 heavy (non-hydrogen) atoms. The van der Waals surface area contributed by atoms with Crippen LogP contribution in [0.2, 0.25) is 0 Å². The van der Waals surface area contributed by atoms with E-state index in [9.17, 15) is 13.2 Å². The Kier molecular flexibility index (Phi) is 5.59. The highest BCUT2D eigenvalue weighted by atomic mass is 32.2. The molecule has 1 fully saturated rings. The first-order valence-corrected chi connectivity index (χ1v) is 10.3. The average molecular weight is 390 g/mol. The monoisotopic (exact) mass is 390 g/mol. The molecule has 1 aliphatic heterocycles. The number of piperidine rings is 1. The fourth-order valence-electron chi connectivity index (χ4n) is 3.07. The Morgan fingerprint density at radius 1 is 1.33 bits per heavy atom. The molecule has 2 aromatic rings. The quantitative estimate of drug-likeness (QED) is 0.767. The van der Waals surface area contributed by atoms with Crippen molar-refractivity contribution in [2.75, 3.05) is 30.3 Å². The third kappa shape index (κ3) is 4.02. The van der Waals surface area contributed by atoms with E-state index >= 15 is 0 Å². The number of anilines is 2. The van der Waals surface area contributed by atoms with Gasteiger partial charge in [0.25, 0.3) is 0 Å². The van der Waals surface area contributed by atoms with E-state index in [1.165, 1.54) is 18.3 Å². The van der Waals surface area contributed by atoms with Gasteiger partial charge in [-0.1, -0.05) is 18.2 Å². The zero-order chi connectivity index (χ0) is 19.4. The lowest BCUT2D eigenvalue weighted by Gasteiger charge is -2.31. The van der Waals surface area contributed by atoms with Crippen LogP contribution in [0.15, 0.2) is 46.3 Å². The maximum atomic E-state index is 12.7. The summed E-state index contributed by atoms with van der Waals surface area (Å²) in [5, 5.41) is 0. The van der Waals surface area contributed by atoms with Crippen LogP contribution in [0.1, 0.15) is 19.8 Å². The summed E-state index contributed by atoms with van der Waals surface area (Å²) in [6.45, 7) is 3.20. The van der Waals surface area contributed by atoms with Gasteiger partial charge in [-0.2, -0.15) is 4.98 Å². The normalized spacial score (nSPS) is 17.5. The molecule has 1 aliphatic rings. The fraction of sp³-hybridized carbons (Fsp3) is 0.389. The molecule has 0 aliphatic carbocycles. The van der Waals surface area contributed by atoms with Crippen molar-refractivity contribution < 1.29 is 17.9 Å². The predicted molar refractivity (Wildman–Crippen MR) is 99.9 cm³/mol. The highest BCUT2D eigenvalue weighted by Crippen LogP contribution is 2.27. The number of rotatable bonds is 5. The van der Waals surface area contributed by atoms with E-state index < -0.39 is 9.84 Å². The lowest BCUT2D eigenvalue weighted by molar-refractivity contribution is -0.148. The van der Waals surface area contributed by atoms with Gasteiger partial charge < -0.3 is 15.4 Å². The van der Waals surface area contributed by atoms with Crippen molar-refractivity contribution in [3.8, 4) is 0 Å². The van der Waals surface area contributed by atoms with Crippen LogP contribution in [0.4, 0.5) is 11.8 Å². The van der Waals surface area contributed by atoms with E-state index in [0.717, 1.165) is 12.8 Å². The number of hydrogen-bond donors (Lipinski definition) is 1. The maximum Gasteiger partial charge on any atom is 0.310 e. The van der Waals surface area contributed by atoms with Gasteiger partial charge in [-0.25, -0.2) is 13.4 Å². The lowest BCUT2D eigenvalue weighted by atomic mass is 9.98. The number of ether oxygens (including phenoxy) is 1. The molecule has 9 heteroatoms. The molecule has 1 aromatic carbocycles. The first-order chi connectivity index (χ1) is 12.9. The van der Waals surface area contributed by atoms with Gasteiger partial charge in [0.15, 0.2) is 0 Å². The Balaban J connectivity index is 1.84. The second-order valence-electron chi connectivity index (χ2n) is 6.27. The second kappa shape index (κ2) is 7.91. The number of sulfone groups is 1. The third-order valence-electron chi connectivity index (χ3n) is 4.44. The molecule has 2 heterocycles. The van der Waals surface area contributed by atoms with Gasteiger partial charge in [0.2, 0.25) is 15.8 Å². The van der Waals surface area contributed by atoms with Crippen molar-refractivity contribution in [3.05, 3.63) is 36.5 Å². The molecular formula is C18H22N4O4S. The standard InChI is InChI=1S/C18H22N4O4S/c1-2-26-17(23)13-7-6-10-22(12-13)18-20-11-15(16(19)21-18)27(24,25)14-8-4-3-5-9-14/h3-5,8-9,11,13H,2,6-7,10,12H2,1H3,(H2,19,20,21). The van der Waals surface area contributed by atoms with E-state index in [-0.39, 0.29) is 27.5 Å². The molecule has 0 spiro atoms. The molecule has 1 atom stereocenters. The van der Waals surface area contributed by atoms with Crippen LogP contribution < -0.4 is 10.6 Å². The van der Waals surface area contributed by atoms with Crippen LogP contribution in [-0.2, 0) is 19.4 Å². The molecular weight excluding hydrogens is 368 g/mol. The summed E-state index contributed by atoms with van der Waals surface area (Å²) in [6.07, 6.45) is 2.76. The summed E-state index contributed by atoms with van der Waals surface area (Å²) < 4.78 is 30.5. The molecule has 1 aromatic heterocycles. The molecule has 1 saturated heterocycles. The number of esters is 1. The Morgan fingerprint density at radius 2 is 2.07 bits per heavy atom. The first kappa shape index (κ1) is 19.1. The molecule has 0 saturated carbocycles. The van der Waals surface area contributed by atoms with Gasteiger partial charge in [0.05, 0.1) is 23.6 Å². The van der Waals surface area contributed by atoms with Crippen LogP contribution in [0.5, 0.6) is 0 Å². The largest absolute Gasteiger partial charge is 0.466 e. The Hall–Kier alpha value is -2.68. The lowest BCUT2D eigenvalue weighted by Crippen LogP contribution is -2.40. The predicted octanol–water partition coefficient (Wildman–Crippen LogP) is 1.67. The van der Waals surface area contributed by atoms with Crippen LogP contribution in [0.3, 0.4) is 0 Å². The maximum absolute atomic E-state index is 12.7. The molecule has 2 N–H and O–H groups in total. The third-order valence-corrected chi connectivity index (χ3v) is 6.22. The molecule has 8 nitrogen and oxygen atoms in total. The van der Waals surface area contributed by atoms with E-state index in [1.807, 2.05) is 4.90 Å². The van der Waals surface area contributed by atoms with E-state index in [4.69, 9.17) is 10.5 Å². The van der Waals surface area contributed by atoms with Gasteiger partial charge >= 0.3 is 5.97 Å². The summed E-state index contributed by atoms with van der Waals surface area (Å²) in [7, 11) is -3.79. The number of carbonyl (C=O) groups is 1. The molecule has 0 amide bonds. The van der Waals surface area contributed by atoms with Crippen molar-refractivity contribution in [3.63, 3.8) is 0 Å². The first-order valence-electron chi connectivity index (χ1n) is 8.77. The van der Waals surface area contributed by atoms with Crippen LogP contribution in [-0.4, -0.2) is 44.1 Å². The average Bonchev–Trinajstić information content (AvgIpc) is 2.68. The van der Waals surface area contributed by atoms with Gasteiger partial charge in [0.1, 0.15) is 10.7 Å². The van der Waals surface area contributed by atoms with Gasteiger partial charge in [-0.15, -0.1) is 0 Å². The van der Waals surface area contributed by atoms with E-state index in [0.29, 0.717) is 25.6 Å². The van der Waals surface area contributed by atoms with Crippen molar-refractivity contribution in [1.29, 1.82) is 0 Å². The van der Waals surface area contributed by atoms with Gasteiger partial charge in [0, 0.05) is 13.1 Å². The smallest absolute Gasteiger partial charge is 0.310 e. The molecule has 0 radical (unpaired) electrons.